The van der Waals surface area contributed by atoms with Crippen molar-refractivity contribution in [1.82, 2.24) is 0 Å². The van der Waals surface area contributed by atoms with E-state index in [1.165, 1.54) is 28.9 Å². The highest BCUT2D eigenvalue weighted by Crippen LogP contribution is 2.35. The summed E-state index contributed by atoms with van der Waals surface area (Å²) in [6.45, 7) is 10.0. The summed E-state index contributed by atoms with van der Waals surface area (Å²) < 4.78 is 0. The average molecular weight is 311 g/mol. The maximum absolute atomic E-state index is 2.58. The summed E-state index contributed by atoms with van der Waals surface area (Å²) >= 11 is 0. The monoisotopic (exact) mass is 310 g/mol. The van der Waals surface area contributed by atoms with Crippen molar-refractivity contribution in [1.29, 1.82) is 0 Å². The summed E-state index contributed by atoms with van der Waals surface area (Å²) in [5, 5.41) is 3.42. The molecule has 0 atom stereocenters. The third kappa shape index (κ3) is 2.25. The molecule has 0 aliphatic carbocycles. The van der Waals surface area contributed by atoms with Gasteiger partial charge < -0.3 is 0 Å². The molecule has 1 aliphatic heterocycles. The van der Waals surface area contributed by atoms with E-state index in [1.54, 1.807) is 10.4 Å². The zero-order valence-electron chi connectivity index (χ0n) is 13.7. The molecule has 110 valence electrons. The second-order valence-electron chi connectivity index (χ2n) is 7.22. The lowest BCUT2D eigenvalue weighted by atomic mass is 10.1. The molecule has 1 aliphatic rings. The second kappa shape index (κ2) is 5.25. The summed E-state index contributed by atoms with van der Waals surface area (Å²) in [6.07, 6.45) is 0. The molecular weight excluding hydrogens is 284 g/mol. The molecule has 0 saturated heterocycles. The molecular formula is C19H26Si2. The maximum atomic E-state index is 2.58. The fraction of sp³-hybridized carbons (Fsp3) is 0.368. The number of hydrogen-bond acceptors (Lipinski definition) is 0. The minimum Gasteiger partial charge on any atom is -0.0695 e. The predicted molar refractivity (Wildman–Crippen MR) is 100 cm³/mol. The molecule has 0 N–H and O–H groups in total. The van der Waals surface area contributed by atoms with E-state index in [-0.39, 0.29) is 0 Å². The van der Waals surface area contributed by atoms with Gasteiger partial charge in [0.1, 0.15) is 8.07 Å². The van der Waals surface area contributed by atoms with Crippen LogP contribution in [0, 0.1) is 0 Å². The van der Waals surface area contributed by atoms with E-state index in [9.17, 15) is 0 Å². The second-order valence-corrected chi connectivity index (χ2v) is 17.6. The van der Waals surface area contributed by atoms with Crippen LogP contribution in [0.1, 0.15) is 13.8 Å². The molecule has 2 heteroatoms. The van der Waals surface area contributed by atoms with Gasteiger partial charge in [-0.15, -0.1) is 0 Å². The molecule has 21 heavy (non-hydrogen) atoms. The van der Waals surface area contributed by atoms with Crippen molar-refractivity contribution in [3.63, 3.8) is 0 Å². The Balaban J connectivity index is 2.25. The standard InChI is InChI=1S/C19H26Si2/c1-5-20(3,4)15-21(6-2)18-13-9-7-11-16(18)17-12-8-10-14-19(17)21/h7-14H,5-6,15H2,1-4H3. The first-order valence-electron chi connectivity index (χ1n) is 8.23. The molecule has 0 bridgehead atoms. The summed E-state index contributed by atoms with van der Waals surface area (Å²) in [5.74, 6) is 0. The van der Waals surface area contributed by atoms with Crippen molar-refractivity contribution >= 4 is 26.5 Å². The van der Waals surface area contributed by atoms with E-state index in [2.05, 4.69) is 75.5 Å². The first kappa shape index (κ1) is 14.8. The Labute approximate surface area is 131 Å². The van der Waals surface area contributed by atoms with Gasteiger partial charge in [0.2, 0.25) is 0 Å². The highest BCUT2D eigenvalue weighted by molar-refractivity contribution is 7.12. The van der Waals surface area contributed by atoms with Crippen molar-refractivity contribution in [2.75, 3.05) is 0 Å². The number of hydrogen-bond donors (Lipinski definition) is 0. The molecule has 0 fully saturated rings. The van der Waals surface area contributed by atoms with Gasteiger partial charge in [0, 0.05) is 8.07 Å². The Hall–Kier alpha value is -1.13. The third-order valence-electron chi connectivity index (χ3n) is 5.52. The van der Waals surface area contributed by atoms with Gasteiger partial charge in [-0.2, -0.15) is 0 Å². The highest BCUT2D eigenvalue weighted by atomic mass is 28.4. The topological polar surface area (TPSA) is 0 Å². The zero-order chi connectivity index (χ0) is 15.1. The van der Waals surface area contributed by atoms with Gasteiger partial charge in [-0.1, -0.05) is 93.2 Å². The van der Waals surface area contributed by atoms with Gasteiger partial charge >= 0.3 is 0 Å². The molecule has 0 aromatic heterocycles. The van der Waals surface area contributed by atoms with E-state index in [4.69, 9.17) is 0 Å². The quantitative estimate of drug-likeness (QED) is 0.729. The highest BCUT2D eigenvalue weighted by Gasteiger charge is 2.46. The first-order valence-corrected chi connectivity index (χ1v) is 14.1. The predicted octanol–water partition coefficient (Wildman–Crippen LogP) is 4.52. The van der Waals surface area contributed by atoms with Crippen molar-refractivity contribution in [2.45, 2.75) is 44.7 Å². The van der Waals surface area contributed by atoms with Crippen LogP contribution in [0.3, 0.4) is 0 Å². The molecule has 1 heterocycles. The summed E-state index contributed by atoms with van der Waals surface area (Å²) in [5.41, 5.74) is 4.56. The van der Waals surface area contributed by atoms with Gasteiger partial charge in [-0.3, -0.25) is 0 Å². The van der Waals surface area contributed by atoms with Gasteiger partial charge in [0.15, 0.2) is 0 Å². The van der Waals surface area contributed by atoms with Crippen molar-refractivity contribution in [3.05, 3.63) is 48.5 Å². The zero-order valence-corrected chi connectivity index (χ0v) is 15.7. The van der Waals surface area contributed by atoms with Crippen LogP contribution in [-0.2, 0) is 0 Å². The number of rotatable bonds is 4. The molecule has 2 aromatic rings. The Kier molecular flexibility index (Phi) is 3.70. The maximum Gasteiger partial charge on any atom is 0.117 e. The van der Waals surface area contributed by atoms with Crippen LogP contribution in [0.5, 0.6) is 0 Å². The number of fused-ring (bicyclic) bond motifs is 3. The third-order valence-corrected chi connectivity index (χ3v) is 17.8. The van der Waals surface area contributed by atoms with Gasteiger partial charge in [0.05, 0.1) is 0 Å². The van der Waals surface area contributed by atoms with E-state index in [0.29, 0.717) is 0 Å². The summed E-state index contributed by atoms with van der Waals surface area (Å²) in [7, 11) is -2.65. The molecule has 0 amide bonds. The Bertz CT molecular complexity index is 613. The van der Waals surface area contributed by atoms with E-state index < -0.39 is 16.1 Å². The van der Waals surface area contributed by atoms with Crippen molar-refractivity contribution < 1.29 is 0 Å². The average Bonchev–Trinajstić information content (AvgIpc) is 2.79. The lowest BCUT2D eigenvalue weighted by Gasteiger charge is -2.35. The van der Waals surface area contributed by atoms with Crippen LogP contribution >= 0.6 is 0 Å². The van der Waals surface area contributed by atoms with Gasteiger partial charge in [-0.25, -0.2) is 0 Å². The van der Waals surface area contributed by atoms with Gasteiger partial charge in [-0.05, 0) is 21.5 Å². The summed E-state index contributed by atoms with van der Waals surface area (Å²) in [4.78, 5) is 0. The van der Waals surface area contributed by atoms with Crippen molar-refractivity contribution in [2.24, 2.45) is 0 Å². The van der Waals surface area contributed by atoms with Crippen LogP contribution in [0.15, 0.2) is 48.5 Å². The van der Waals surface area contributed by atoms with Crippen LogP contribution in [0.2, 0.25) is 30.8 Å². The fourth-order valence-electron chi connectivity index (χ4n) is 4.05. The Morgan fingerprint density at radius 1 is 0.810 bits per heavy atom. The molecule has 3 rings (SSSR count). The number of benzene rings is 2. The Morgan fingerprint density at radius 2 is 1.29 bits per heavy atom. The lowest BCUT2D eigenvalue weighted by molar-refractivity contribution is 1.30. The van der Waals surface area contributed by atoms with Crippen LogP contribution in [0.25, 0.3) is 11.1 Å². The minimum absolute atomic E-state index is 1.11. The SMILES string of the molecule is CC[Si](C)(C)C[Si]1(CC)c2ccccc2-c2ccccc21. The molecule has 0 nitrogen and oxygen atoms in total. The largest absolute Gasteiger partial charge is 0.117 e. The van der Waals surface area contributed by atoms with Gasteiger partial charge in [0.25, 0.3) is 0 Å². The first-order chi connectivity index (χ1) is 10.0. The lowest BCUT2D eigenvalue weighted by Crippen LogP contribution is -2.59. The normalized spacial score (nSPS) is 15.6. The fourth-order valence-corrected chi connectivity index (χ4v) is 17.5. The van der Waals surface area contributed by atoms with E-state index in [0.717, 1.165) is 0 Å². The van der Waals surface area contributed by atoms with E-state index >= 15 is 0 Å². The van der Waals surface area contributed by atoms with Crippen LogP contribution < -0.4 is 10.4 Å². The summed E-state index contributed by atoms with van der Waals surface area (Å²) in [6, 6.07) is 21.2. The van der Waals surface area contributed by atoms with Crippen molar-refractivity contribution in [3.8, 4) is 11.1 Å². The van der Waals surface area contributed by atoms with Crippen LogP contribution in [-0.4, -0.2) is 16.1 Å². The van der Waals surface area contributed by atoms with E-state index in [1.807, 2.05) is 0 Å². The van der Waals surface area contributed by atoms with Crippen LogP contribution in [0.4, 0.5) is 0 Å². The molecule has 0 unspecified atom stereocenters. The molecule has 2 aromatic carbocycles. The minimum atomic E-state index is -1.54. The molecule has 0 spiro atoms. The Morgan fingerprint density at radius 3 is 1.71 bits per heavy atom. The smallest absolute Gasteiger partial charge is 0.0695 e. The molecule has 0 radical (unpaired) electrons. The molecule has 0 saturated carbocycles.